The van der Waals surface area contributed by atoms with Crippen LogP contribution in [0.3, 0.4) is 0 Å². The van der Waals surface area contributed by atoms with E-state index in [4.69, 9.17) is 0 Å². The Morgan fingerprint density at radius 1 is 1.50 bits per heavy atom. The number of ketones is 1. The first-order valence-corrected chi connectivity index (χ1v) is 6.37. The highest BCUT2D eigenvalue weighted by Gasteiger charge is 2.52. The lowest BCUT2D eigenvalue weighted by Gasteiger charge is -2.21. The molecule has 1 heterocycles. The lowest BCUT2D eigenvalue weighted by molar-refractivity contribution is -0.130. The molecule has 1 aliphatic rings. The van der Waals surface area contributed by atoms with E-state index in [-0.39, 0.29) is 11.2 Å². The molecular weight excluding hydrogens is 218 g/mol. The van der Waals surface area contributed by atoms with Crippen LogP contribution in [0.2, 0.25) is 0 Å². The molecule has 1 aromatic rings. The molecule has 1 fully saturated rings. The van der Waals surface area contributed by atoms with Crippen molar-refractivity contribution in [2.75, 3.05) is 0 Å². The molecule has 2 nitrogen and oxygen atoms in total. The number of nitriles is 1. The van der Waals surface area contributed by atoms with Crippen LogP contribution in [0, 0.1) is 22.2 Å². The van der Waals surface area contributed by atoms with Gasteiger partial charge in [-0.05, 0) is 24.3 Å². The summed E-state index contributed by atoms with van der Waals surface area (Å²) in [5, 5.41) is 11.3. The Morgan fingerprint density at radius 2 is 2.25 bits per heavy atom. The topological polar surface area (TPSA) is 40.9 Å². The van der Waals surface area contributed by atoms with Gasteiger partial charge in [0.05, 0.1) is 6.07 Å². The molecular formula is C13H15NOS. The smallest absolute Gasteiger partial charge is 0.159 e. The molecule has 16 heavy (non-hydrogen) atoms. The van der Waals surface area contributed by atoms with E-state index in [0.29, 0.717) is 12.8 Å². The first-order valence-electron chi connectivity index (χ1n) is 5.49. The zero-order chi connectivity index (χ0) is 11.8. The summed E-state index contributed by atoms with van der Waals surface area (Å²) >= 11 is 1.62. The highest BCUT2D eigenvalue weighted by Crippen LogP contribution is 2.47. The van der Waals surface area contributed by atoms with Crippen LogP contribution < -0.4 is 0 Å². The third kappa shape index (κ3) is 1.68. The van der Waals surface area contributed by atoms with Crippen molar-refractivity contribution in [2.45, 2.75) is 33.1 Å². The first kappa shape index (κ1) is 11.3. The predicted molar refractivity (Wildman–Crippen MR) is 64.1 cm³/mol. The summed E-state index contributed by atoms with van der Waals surface area (Å²) < 4.78 is 0. The molecule has 84 valence electrons. The molecule has 1 aromatic heterocycles. The van der Waals surface area contributed by atoms with Crippen molar-refractivity contribution in [3.8, 4) is 6.07 Å². The lowest BCUT2D eigenvalue weighted by Crippen LogP contribution is -2.32. The fraction of sp³-hybridized carbons (Fsp3) is 0.538. The average molecular weight is 233 g/mol. The molecule has 0 spiro atoms. The summed E-state index contributed by atoms with van der Waals surface area (Å²) in [5.41, 5.74) is -1.10. The Bertz CT molecular complexity index is 441. The van der Waals surface area contributed by atoms with Gasteiger partial charge in [-0.25, -0.2) is 0 Å². The molecule has 0 aromatic carbocycles. The zero-order valence-electron chi connectivity index (χ0n) is 9.62. The van der Waals surface area contributed by atoms with Crippen molar-refractivity contribution in [3.63, 3.8) is 0 Å². The van der Waals surface area contributed by atoms with Crippen LogP contribution in [-0.2, 0) is 11.2 Å². The number of hydrogen-bond donors (Lipinski definition) is 0. The number of carbonyl (C=O) groups excluding carboxylic acids is 1. The predicted octanol–water partition coefficient (Wildman–Crippen LogP) is 3.19. The number of carbonyl (C=O) groups is 1. The van der Waals surface area contributed by atoms with Gasteiger partial charge in [0, 0.05) is 16.7 Å². The van der Waals surface area contributed by atoms with Gasteiger partial charge in [-0.1, -0.05) is 19.9 Å². The maximum atomic E-state index is 12.3. The summed E-state index contributed by atoms with van der Waals surface area (Å²) in [6, 6.07) is 6.25. The molecule has 2 rings (SSSR count). The number of rotatable bonds is 2. The fourth-order valence-corrected chi connectivity index (χ4v) is 3.24. The minimum absolute atomic E-state index is 0.121. The van der Waals surface area contributed by atoms with Gasteiger partial charge in [-0.15, -0.1) is 11.3 Å². The molecule has 0 saturated heterocycles. The fourth-order valence-electron chi connectivity index (χ4n) is 2.43. The molecule has 0 N–H and O–H groups in total. The SMILES string of the molecule is CC1(C)CCC(C#N)(Cc2cccs2)C1=O. The maximum Gasteiger partial charge on any atom is 0.159 e. The largest absolute Gasteiger partial charge is 0.297 e. The molecule has 3 heteroatoms. The van der Waals surface area contributed by atoms with E-state index >= 15 is 0 Å². The standard InChI is InChI=1S/C13H15NOS/c1-12(2)5-6-13(9-14,11(12)15)8-10-4-3-7-16-10/h3-4,7H,5-6,8H2,1-2H3. The lowest BCUT2D eigenvalue weighted by atomic mass is 9.78. The molecule has 1 saturated carbocycles. The number of nitrogens with zero attached hydrogens (tertiary/aromatic N) is 1. The Balaban J connectivity index is 2.29. The van der Waals surface area contributed by atoms with Gasteiger partial charge >= 0.3 is 0 Å². The van der Waals surface area contributed by atoms with E-state index in [1.165, 1.54) is 0 Å². The first-order chi connectivity index (χ1) is 7.50. The van der Waals surface area contributed by atoms with E-state index < -0.39 is 5.41 Å². The van der Waals surface area contributed by atoms with Crippen LogP contribution in [0.5, 0.6) is 0 Å². The Hall–Kier alpha value is -1.14. The highest BCUT2D eigenvalue weighted by molar-refractivity contribution is 7.09. The number of thiophene rings is 1. The molecule has 0 amide bonds. The minimum Gasteiger partial charge on any atom is -0.297 e. The maximum absolute atomic E-state index is 12.3. The van der Waals surface area contributed by atoms with Gasteiger partial charge in [-0.3, -0.25) is 4.79 Å². The van der Waals surface area contributed by atoms with E-state index in [9.17, 15) is 10.1 Å². The van der Waals surface area contributed by atoms with Crippen LogP contribution in [0.15, 0.2) is 17.5 Å². The van der Waals surface area contributed by atoms with E-state index in [1.807, 2.05) is 31.4 Å². The summed E-state index contributed by atoms with van der Waals surface area (Å²) in [4.78, 5) is 13.4. The van der Waals surface area contributed by atoms with Crippen molar-refractivity contribution in [2.24, 2.45) is 10.8 Å². The third-order valence-corrected chi connectivity index (χ3v) is 4.37. The van der Waals surface area contributed by atoms with Crippen molar-refractivity contribution >= 4 is 17.1 Å². The van der Waals surface area contributed by atoms with Gasteiger partial charge in [-0.2, -0.15) is 5.26 Å². The molecule has 0 bridgehead atoms. The summed E-state index contributed by atoms with van der Waals surface area (Å²) in [6.07, 6.45) is 2.11. The van der Waals surface area contributed by atoms with E-state index in [2.05, 4.69) is 6.07 Å². The van der Waals surface area contributed by atoms with E-state index in [1.54, 1.807) is 11.3 Å². The Labute approximate surface area is 99.9 Å². The number of hydrogen-bond acceptors (Lipinski definition) is 3. The number of Topliss-reactive ketones (excluding diaryl/α,β-unsaturated/α-hetero) is 1. The normalized spacial score (nSPS) is 27.9. The van der Waals surface area contributed by atoms with Gasteiger partial charge in [0.1, 0.15) is 5.41 Å². The summed E-state index contributed by atoms with van der Waals surface area (Å²) in [7, 11) is 0. The summed E-state index contributed by atoms with van der Waals surface area (Å²) in [5.74, 6) is 0.121. The average Bonchev–Trinajstić information content (AvgIpc) is 2.82. The van der Waals surface area contributed by atoms with Gasteiger partial charge in [0.25, 0.3) is 0 Å². The second kappa shape index (κ2) is 3.71. The molecule has 1 aliphatic carbocycles. The van der Waals surface area contributed by atoms with Gasteiger partial charge < -0.3 is 0 Å². The summed E-state index contributed by atoms with van der Waals surface area (Å²) in [6.45, 7) is 3.89. The van der Waals surface area contributed by atoms with Gasteiger partial charge in [0.2, 0.25) is 0 Å². The van der Waals surface area contributed by atoms with Crippen LogP contribution in [0.1, 0.15) is 31.6 Å². The quantitative estimate of drug-likeness (QED) is 0.787. The molecule has 0 aliphatic heterocycles. The van der Waals surface area contributed by atoms with Crippen molar-refractivity contribution in [3.05, 3.63) is 22.4 Å². The van der Waals surface area contributed by atoms with Crippen LogP contribution in [0.25, 0.3) is 0 Å². The van der Waals surface area contributed by atoms with Crippen LogP contribution >= 0.6 is 11.3 Å². The van der Waals surface area contributed by atoms with Crippen molar-refractivity contribution < 1.29 is 4.79 Å². The second-order valence-electron chi connectivity index (χ2n) is 5.16. The molecule has 1 unspecified atom stereocenters. The van der Waals surface area contributed by atoms with Crippen LogP contribution in [0.4, 0.5) is 0 Å². The highest BCUT2D eigenvalue weighted by atomic mass is 32.1. The monoisotopic (exact) mass is 233 g/mol. The molecule has 1 atom stereocenters. The second-order valence-corrected chi connectivity index (χ2v) is 6.20. The third-order valence-electron chi connectivity index (χ3n) is 3.50. The zero-order valence-corrected chi connectivity index (χ0v) is 10.4. The Kier molecular flexibility index (Phi) is 2.63. The van der Waals surface area contributed by atoms with Crippen LogP contribution in [-0.4, -0.2) is 5.78 Å². The van der Waals surface area contributed by atoms with E-state index in [0.717, 1.165) is 11.3 Å². The van der Waals surface area contributed by atoms with Crippen molar-refractivity contribution in [1.82, 2.24) is 0 Å². The minimum atomic E-state index is -0.769. The Morgan fingerprint density at radius 3 is 2.69 bits per heavy atom. The van der Waals surface area contributed by atoms with Gasteiger partial charge in [0.15, 0.2) is 5.78 Å². The molecule has 0 radical (unpaired) electrons. The van der Waals surface area contributed by atoms with Crippen molar-refractivity contribution in [1.29, 1.82) is 5.26 Å².